The second-order valence-corrected chi connectivity index (χ2v) is 11.2. The molecule has 1 aromatic heterocycles. The van der Waals surface area contributed by atoms with Crippen molar-refractivity contribution in [3.63, 3.8) is 0 Å². The molecule has 0 saturated carbocycles. The summed E-state index contributed by atoms with van der Waals surface area (Å²) in [6.45, 7) is 0. The van der Waals surface area contributed by atoms with E-state index >= 15 is 0 Å². The van der Waals surface area contributed by atoms with Crippen LogP contribution in [0.2, 0.25) is 0 Å². The van der Waals surface area contributed by atoms with Gasteiger partial charge in [0.25, 0.3) is 0 Å². The summed E-state index contributed by atoms with van der Waals surface area (Å²) in [5.41, 5.74) is 7.66. The van der Waals surface area contributed by atoms with Gasteiger partial charge in [-0.15, -0.1) is 11.3 Å². The Hall–Kier alpha value is -4.72. The van der Waals surface area contributed by atoms with Crippen molar-refractivity contribution < 1.29 is 0 Å². The van der Waals surface area contributed by atoms with E-state index in [1.807, 2.05) is 11.3 Å². The summed E-state index contributed by atoms with van der Waals surface area (Å²) in [4.78, 5) is 0. The molecule has 0 amide bonds. The number of hydrogen-bond donors (Lipinski definition) is 0. The van der Waals surface area contributed by atoms with Crippen molar-refractivity contribution in [3.8, 4) is 33.4 Å². The number of rotatable bonds is 3. The van der Waals surface area contributed by atoms with Crippen molar-refractivity contribution in [2.45, 2.75) is 0 Å². The highest BCUT2D eigenvalue weighted by Gasteiger charge is 2.20. The molecule has 0 fully saturated rings. The van der Waals surface area contributed by atoms with E-state index in [-0.39, 0.29) is 0 Å². The minimum Gasteiger partial charge on any atom is -0.135 e. The monoisotopic (exact) mass is 512 g/mol. The van der Waals surface area contributed by atoms with Gasteiger partial charge in [0.2, 0.25) is 0 Å². The van der Waals surface area contributed by atoms with Gasteiger partial charge in [0.15, 0.2) is 0 Å². The molecule has 0 spiro atoms. The molecule has 0 N–H and O–H groups in total. The van der Waals surface area contributed by atoms with Crippen molar-refractivity contribution in [3.05, 3.63) is 146 Å². The Balaban J connectivity index is 1.59. The van der Waals surface area contributed by atoms with Gasteiger partial charge in [-0.25, -0.2) is 0 Å². The van der Waals surface area contributed by atoms with E-state index in [9.17, 15) is 0 Å². The lowest BCUT2D eigenvalue weighted by Crippen LogP contribution is -1.92. The standard InChI is InChI=1S/C38H24S/c1-3-13-25(14-4-1)27-23-33(38-32-21-11-12-22-34(32)39-35(38)24-27)37-30-19-9-7-17-28(30)36(26-15-5-2-6-16-26)29-18-8-10-20-31(29)37/h1-24H. The maximum absolute atomic E-state index is 2.42. The van der Waals surface area contributed by atoms with E-state index in [1.54, 1.807) is 0 Å². The zero-order valence-corrected chi connectivity index (χ0v) is 22.1. The van der Waals surface area contributed by atoms with Crippen molar-refractivity contribution in [1.29, 1.82) is 0 Å². The first kappa shape index (κ1) is 22.3. The first-order valence-corrected chi connectivity index (χ1v) is 14.2. The molecule has 1 heteroatoms. The second kappa shape index (κ2) is 8.94. The molecule has 0 aliphatic rings. The largest absolute Gasteiger partial charge is 0.135 e. The predicted molar refractivity (Wildman–Crippen MR) is 171 cm³/mol. The van der Waals surface area contributed by atoms with Crippen LogP contribution in [0.5, 0.6) is 0 Å². The third-order valence-corrected chi connectivity index (χ3v) is 8.97. The Morgan fingerprint density at radius 3 is 1.44 bits per heavy atom. The summed E-state index contributed by atoms with van der Waals surface area (Å²) >= 11 is 1.89. The molecule has 182 valence electrons. The van der Waals surface area contributed by atoms with E-state index in [0.717, 1.165) is 0 Å². The summed E-state index contributed by atoms with van der Waals surface area (Å²) < 4.78 is 2.65. The Morgan fingerprint density at radius 1 is 0.333 bits per heavy atom. The summed E-state index contributed by atoms with van der Waals surface area (Å²) in [6, 6.07) is 53.1. The van der Waals surface area contributed by atoms with Crippen LogP contribution >= 0.6 is 11.3 Å². The molecular weight excluding hydrogens is 488 g/mol. The molecule has 8 rings (SSSR count). The normalized spacial score (nSPS) is 11.6. The van der Waals surface area contributed by atoms with Crippen LogP contribution < -0.4 is 0 Å². The van der Waals surface area contributed by atoms with Gasteiger partial charge in [-0.1, -0.05) is 127 Å². The number of hydrogen-bond acceptors (Lipinski definition) is 1. The van der Waals surface area contributed by atoms with Crippen LogP contribution in [0.3, 0.4) is 0 Å². The van der Waals surface area contributed by atoms with Crippen molar-refractivity contribution in [2.75, 3.05) is 0 Å². The summed E-state index contributed by atoms with van der Waals surface area (Å²) in [5.74, 6) is 0. The van der Waals surface area contributed by atoms with Crippen LogP contribution in [-0.4, -0.2) is 0 Å². The summed E-state index contributed by atoms with van der Waals surface area (Å²) in [6.07, 6.45) is 0. The molecule has 0 aliphatic heterocycles. The van der Waals surface area contributed by atoms with E-state index < -0.39 is 0 Å². The van der Waals surface area contributed by atoms with Gasteiger partial charge in [-0.3, -0.25) is 0 Å². The highest BCUT2D eigenvalue weighted by molar-refractivity contribution is 7.26. The van der Waals surface area contributed by atoms with Crippen LogP contribution in [0.25, 0.3) is 75.1 Å². The SMILES string of the molecule is c1ccc(-c2cc(-c3c4ccccc4c(-c4ccccc4)c4ccccc34)c3c(c2)sc2ccccc23)cc1. The first-order valence-electron chi connectivity index (χ1n) is 13.4. The van der Waals surface area contributed by atoms with E-state index in [2.05, 4.69) is 146 Å². The van der Waals surface area contributed by atoms with Crippen molar-refractivity contribution >= 4 is 53.1 Å². The summed E-state index contributed by atoms with van der Waals surface area (Å²) in [7, 11) is 0. The van der Waals surface area contributed by atoms with Gasteiger partial charge in [-0.2, -0.15) is 0 Å². The molecule has 7 aromatic carbocycles. The first-order chi connectivity index (χ1) is 19.4. The Morgan fingerprint density at radius 2 is 0.821 bits per heavy atom. The number of fused-ring (bicyclic) bond motifs is 5. The zero-order chi connectivity index (χ0) is 25.8. The molecule has 0 unspecified atom stereocenters. The highest BCUT2D eigenvalue weighted by atomic mass is 32.1. The maximum atomic E-state index is 2.42. The molecule has 0 bridgehead atoms. The smallest absolute Gasteiger partial charge is 0.0367 e. The quantitative estimate of drug-likeness (QED) is 0.207. The fourth-order valence-corrected chi connectivity index (χ4v) is 7.35. The lowest BCUT2D eigenvalue weighted by Gasteiger charge is -2.19. The second-order valence-electron chi connectivity index (χ2n) is 10.1. The predicted octanol–water partition coefficient (Wildman–Crippen LogP) is 11.4. The van der Waals surface area contributed by atoms with Crippen LogP contribution in [0.1, 0.15) is 0 Å². The van der Waals surface area contributed by atoms with Gasteiger partial charge in [-0.05, 0) is 73.1 Å². The lowest BCUT2D eigenvalue weighted by molar-refractivity contribution is 1.65. The van der Waals surface area contributed by atoms with Crippen LogP contribution in [0.4, 0.5) is 0 Å². The molecule has 0 radical (unpaired) electrons. The number of benzene rings is 7. The summed E-state index contributed by atoms with van der Waals surface area (Å²) in [5, 5.41) is 7.82. The molecule has 0 aliphatic carbocycles. The molecule has 8 aromatic rings. The average Bonchev–Trinajstić information content (AvgIpc) is 3.39. The van der Waals surface area contributed by atoms with Crippen LogP contribution in [-0.2, 0) is 0 Å². The Labute approximate surface area is 231 Å². The minimum absolute atomic E-state index is 1.24. The van der Waals surface area contributed by atoms with Crippen molar-refractivity contribution in [1.82, 2.24) is 0 Å². The lowest BCUT2D eigenvalue weighted by atomic mass is 9.84. The van der Waals surface area contributed by atoms with Crippen LogP contribution in [0.15, 0.2) is 146 Å². The topological polar surface area (TPSA) is 0 Å². The molecule has 0 saturated heterocycles. The zero-order valence-electron chi connectivity index (χ0n) is 21.3. The van der Waals surface area contributed by atoms with Gasteiger partial charge in [0.1, 0.15) is 0 Å². The van der Waals surface area contributed by atoms with E-state index in [1.165, 1.54) is 75.1 Å². The third kappa shape index (κ3) is 3.51. The average molecular weight is 513 g/mol. The molecule has 0 nitrogen and oxygen atoms in total. The molecule has 39 heavy (non-hydrogen) atoms. The Bertz CT molecular complexity index is 2090. The molecular formula is C38H24S. The highest BCUT2D eigenvalue weighted by Crippen LogP contribution is 2.49. The van der Waals surface area contributed by atoms with Gasteiger partial charge in [0.05, 0.1) is 0 Å². The van der Waals surface area contributed by atoms with Gasteiger partial charge < -0.3 is 0 Å². The minimum atomic E-state index is 1.24. The Kier molecular flexibility index (Phi) is 5.11. The van der Waals surface area contributed by atoms with Crippen molar-refractivity contribution in [2.24, 2.45) is 0 Å². The van der Waals surface area contributed by atoms with Gasteiger partial charge >= 0.3 is 0 Å². The van der Waals surface area contributed by atoms with E-state index in [4.69, 9.17) is 0 Å². The fourth-order valence-electron chi connectivity index (χ4n) is 6.18. The van der Waals surface area contributed by atoms with Gasteiger partial charge in [0, 0.05) is 20.2 Å². The molecule has 1 heterocycles. The third-order valence-electron chi connectivity index (χ3n) is 7.85. The van der Waals surface area contributed by atoms with E-state index in [0.29, 0.717) is 0 Å². The maximum Gasteiger partial charge on any atom is 0.0367 e. The van der Waals surface area contributed by atoms with Crippen LogP contribution in [0, 0.1) is 0 Å². The fraction of sp³-hybridized carbons (Fsp3) is 0. The molecule has 0 atom stereocenters. The number of thiophene rings is 1.